The van der Waals surface area contributed by atoms with E-state index in [1.165, 1.54) is 35.2 Å². The number of nitrogens with one attached hydrogen (secondary N) is 6. The van der Waals surface area contributed by atoms with Crippen LogP contribution >= 0.6 is 0 Å². The van der Waals surface area contributed by atoms with Crippen LogP contribution in [0.4, 0.5) is 4.39 Å². The van der Waals surface area contributed by atoms with E-state index in [-0.39, 0.29) is 114 Å². The number of hydrogen-bond acceptors (Lipinski definition) is 17. The summed E-state index contributed by atoms with van der Waals surface area (Å²) in [5.74, 6) is -8.38. The maximum atomic E-state index is 15.1. The molecule has 1 saturated heterocycles. The number of rotatable bonds is 38. The van der Waals surface area contributed by atoms with E-state index in [2.05, 4.69) is 36.9 Å². The van der Waals surface area contributed by atoms with Gasteiger partial charge < -0.3 is 92.9 Å². The van der Waals surface area contributed by atoms with Gasteiger partial charge >= 0.3 is 5.97 Å². The smallest absolute Gasteiger partial charge is 0.331 e. The van der Waals surface area contributed by atoms with Gasteiger partial charge in [-0.1, -0.05) is 30.7 Å². The van der Waals surface area contributed by atoms with Crippen molar-refractivity contribution in [2.75, 3.05) is 52.4 Å². The first-order chi connectivity index (χ1) is 36.7. The van der Waals surface area contributed by atoms with Crippen LogP contribution in [0.2, 0.25) is 0 Å². The summed E-state index contributed by atoms with van der Waals surface area (Å²) in [5.41, 5.74) is 44.9. The van der Waals surface area contributed by atoms with Crippen molar-refractivity contribution in [1.29, 1.82) is 0 Å². The summed E-state index contributed by atoms with van der Waals surface area (Å²) in [6.07, 6.45) is 2.14. The Balaban J connectivity index is 2.28. The molecule has 1 heterocycles. The molecule has 1 aliphatic rings. The van der Waals surface area contributed by atoms with Crippen LogP contribution in [-0.2, 0) is 49.6 Å². The lowest BCUT2D eigenvalue weighted by atomic mass is 9.97. The standard InChI is InChI=1S/C49H83FN16O11/c50-31-12-2-1-10-30(31)26-36(44(72)62-33(14-4-6-21-52)38(67)18-17-29(48(76)77)11-8-24-59-49(57)58)64-45(73)37-16-9-25-66(37)47(75)35(15-7-22-53)61-40(69)28-60-43(71)34(19-23-54)63-46(74)41(39(68)27-55)65-42(70)32(56)13-3-5-20-51/h1-2,10-12,32-37,39,41,68H,3-9,13-28,51-56H2,(H,60,71)(H,61,69)(H,62,72)(H,63,74)(H,64,73)(H,65,70)(H,76,77)(H4,57,58,59)/b29-11+/t32-,33-,34-,35+,36-,37-,39-,41-/m0/s1. The number of carbonyl (C=O) groups is 9. The van der Waals surface area contributed by atoms with Gasteiger partial charge in [0.15, 0.2) is 11.7 Å². The summed E-state index contributed by atoms with van der Waals surface area (Å²) in [6.45, 7) is -0.296. The predicted molar refractivity (Wildman–Crippen MR) is 284 cm³/mol. The summed E-state index contributed by atoms with van der Waals surface area (Å²) in [5, 5.41) is 35.4. The molecular formula is C49H83FN16O11. The number of likely N-dealkylation sites (tertiary alicyclic amines) is 1. The molecule has 7 amide bonds. The van der Waals surface area contributed by atoms with Crippen LogP contribution in [0, 0.1) is 5.82 Å². The molecule has 0 unspecified atom stereocenters. The molecule has 27 nitrogen and oxygen atoms in total. The van der Waals surface area contributed by atoms with Crippen LogP contribution in [0.15, 0.2) is 40.9 Å². The molecule has 24 N–H and O–H groups in total. The highest BCUT2D eigenvalue weighted by Crippen LogP contribution is 2.21. The lowest BCUT2D eigenvalue weighted by Crippen LogP contribution is -2.61. The monoisotopic (exact) mass is 1090 g/mol. The minimum atomic E-state index is -1.61. The van der Waals surface area contributed by atoms with Crippen LogP contribution < -0.4 is 77.8 Å². The molecule has 0 spiro atoms. The van der Waals surface area contributed by atoms with Crippen molar-refractivity contribution in [3.05, 3.63) is 47.3 Å². The zero-order valence-electron chi connectivity index (χ0n) is 43.7. The van der Waals surface area contributed by atoms with E-state index < -0.39 is 120 Å². The maximum Gasteiger partial charge on any atom is 0.331 e. The van der Waals surface area contributed by atoms with Crippen LogP contribution in [-0.4, -0.2) is 175 Å². The number of aliphatic imine (C=N–C) groups is 1. The first-order valence-corrected chi connectivity index (χ1v) is 26.0. The number of carboxylic acid groups (broad SMARTS) is 1. The highest BCUT2D eigenvalue weighted by atomic mass is 19.1. The van der Waals surface area contributed by atoms with Gasteiger partial charge in [-0.3, -0.25) is 43.3 Å². The molecule has 0 bridgehead atoms. The fourth-order valence-corrected chi connectivity index (χ4v) is 8.29. The van der Waals surface area contributed by atoms with Gasteiger partial charge in [0.2, 0.25) is 41.4 Å². The van der Waals surface area contributed by atoms with Gasteiger partial charge in [0.1, 0.15) is 36.0 Å². The molecule has 1 fully saturated rings. The molecule has 0 aliphatic carbocycles. The number of aliphatic carboxylic acids is 1. The molecule has 1 aliphatic heterocycles. The number of carbonyl (C=O) groups excluding carboxylic acids is 8. The topological polar surface area (TPSA) is 490 Å². The predicted octanol–water partition coefficient (Wildman–Crippen LogP) is -5.08. The van der Waals surface area contributed by atoms with Gasteiger partial charge in [0, 0.05) is 38.0 Å². The molecule has 28 heteroatoms. The van der Waals surface area contributed by atoms with Gasteiger partial charge in [0.25, 0.3) is 0 Å². The van der Waals surface area contributed by atoms with E-state index in [0.717, 1.165) is 0 Å². The van der Waals surface area contributed by atoms with Crippen LogP contribution in [0.25, 0.3) is 0 Å². The SMILES string of the molecule is NCCCC[C@H](NC(=O)[C@H](Cc1ccccc1F)NC(=O)[C@@H]1CCCN1C(=O)[C@@H](CCCN)NC(=O)CNC(=O)[C@H](CCN)NC(=O)[C@@H](NC(=O)[C@@H](N)CCCCN)[C@@H](O)CN)C(=O)CC/C(=C\CCN=C(N)N)C(=O)O. The molecule has 1 aromatic carbocycles. The average Bonchev–Trinajstić information content (AvgIpc) is 3.90. The third-order valence-corrected chi connectivity index (χ3v) is 12.6. The number of ketones is 1. The van der Waals surface area contributed by atoms with Crippen LogP contribution in [0.3, 0.4) is 0 Å². The number of nitrogens with zero attached hydrogens (tertiary/aromatic N) is 2. The minimum Gasteiger partial charge on any atom is -0.478 e. The Bertz CT molecular complexity index is 2170. The lowest BCUT2D eigenvalue weighted by molar-refractivity contribution is -0.142. The van der Waals surface area contributed by atoms with Gasteiger partial charge in [-0.05, 0) is 115 Å². The molecule has 8 atom stereocenters. The second-order valence-corrected chi connectivity index (χ2v) is 18.6. The van der Waals surface area contributed by atoms with Crippen molar-refractivity contribution in [2.24, 2.45) is 50.9 Å². The van der Waals surface area contributed by atoms with Crippen molar-refractivity contribution in [2.45, 2.75) is 145 Å². The Hall–Kier alpha value is -6.69. The Kier molecular flexibility index (Phi) is 31.4. The number of halogens is 1. The van der Waals surface area contributed by atoms with Crippen molar-refractivity contribution in [3.63, 3.8) is 0 Å². The second-order valence-electron chi connectivity index (χ2n) is 18.6. The zero-order chi connectivity index (χ0) is 57.5. The summed E-state index contributed by atoms with van der Waals surface area (Å²) in [6, 6.07) is -3.51. The number of hydrogen-bond donors (Lipinski definition) is 16. The van der Waals surface area contributed by atoms with E-state index in [9.17, 15) is 53.4 Å². The van der Waals surface area contributed by atoms with E-state index in [1.807, 2.05) is 0 Å². The van der Waals surface area contributed by atoms with Crippen molar-refractivity contribution in [1.82, 2.24) is 36.8 Å². The largest absolute Gasteiger partial charge is 0.478 e. The fourth-order valence-electron chi connectivity index (χ4n) is 8.29. The Morgan fingerprint density at radius 1 is 0.727 bits per heavy atom. The zero-order valence-corrected chi connectivity index (χ0v) is 43.7. The molecule has 77 heavy (non-hydrogen) atoms. The Morgan fingerprint density at radius 2 is 1.38 bits per heavy atom. The van der Waals surface area contributed by atoms with Crippen molar-refractivity contribution in [3.8, 4) is 0 Å². The molecule has 432 valence electrons. The number of aliphatic hydroxyl groups excluding tert-OH is 1. The number of Topliss-reactive ketones (excluding diaryl/α,β-unsaturated/α-hetero) is 1. The first kappa shape index (κ1) is 66.4. The van der Waals surface area contributed by atoms with Gasteiger partial charge in [-0.15, -0.1) is 0 Å². The first-order valence-electron chi connectivity index (χ1n) is 26.0. The third-order valence-electron chi connectivity index (χ3n) is 12.6. The number of amides is 7. The van der Waals surface area contributed by atoms with Gasteiger partial charge in [0.05, 0.1) is 24.7 Å². The van der Waals surface area contributed by atoms with Crippen LogP contribution in [0.1, 0.15) is 95.5 Å². The summed E-state index contributed by atoms with van der Waals surface area (Å²) >= 11 is 0. The number of benzene rings is 1. The Morgan fingerprint density at radius 3 is 2.00 bits per heavy atom. The quantitative estimate of drug-likeness (QED) is 0.0127. The molecule has 0 saturated carbocycles. The van der Waals surface area contributed by atoms with Crippen molar-refractivity contribution < 1.29 is 57.8 Å². The summed E-state index contributed by atoms with van der Waals surface area (Å²) < 4.78 is 15.1. The molecule has 1 aromatic rings. The number of guanidine groups is 1. The molecule has 0 aromatic heterocycles. The molecule has 0 radical (unpaired) electrons. The number of unbranched alkanes of at least 4 members (excludes halogenated alkanes) is 2. The highest BCUT2D eigenvalue weighted by molar-refractivity contribution is 5.98. The van der Waals surface area contributed by atoms with Gasteiger partial charge in [-0.2, -0.15) is 0 Å². The lowest BCUT2D eigenvalue weighted by Gasteiger charge is -2.30. The molecule has 2 rings (SSSR count). The maximum absolute atomic E-state index is 15.1. The van der Waals surface area contributed by atoms with E-state index in [1.54, 1.807) is 0 Å². The fraction of sp³-hybridized carbons (Fsp3) is 0.633. The molecular weight excluding hydrogens is 1010 g/mol. The minimum absolute atomic E-state index is 0.0125. The van der Waals surface area contributed by atoms with Crippen LogP contribution in [0.5, 0.6) is 0 Å². The number of nitrogens with two attached hydrogens (primary N) is 8. The summed E-state index contributed by atoms with van der Waals surface area (Å²) in [4.78, 5) is 126. The average molecular weight is 1090 g/mol. The van der Waals surface area contributed by atoms with E-state index in [4.69, 9.17) is 45.9 Å². The Labute approximate surface area is 447 Å². The summed E-state index contributed by atoms with van der Waals surface area (Å²) in [7, 11) is 0. The second kappa shape index (κ2) is 36.4. The normalized spacial score (nSPS) is 16.1. The highest BCUT2D eigenvalue weighted by Gasteiger charge is 2.40. The van der Waals surface area contributed by atoms with Crippen molar-refractivity contribution >= 4 is 59.1 Å². The van der Waals surface area contributed by atoms with Gasteiger partial charge in [-0.25, -0.2) is 9.18 Å². The third kappa shape index (κ3) is 24.0. The van der Waals surface area contributed by atoms with E-state index in [0.29, 0.717) is 38.6 Å². The number of carboxylic acids is 1. The van der Waals surface area contributed by atoms with E-state index >= 15 is 4.39 Å². The number of aliphatic hydroxyl groups is 1.